The highest BCUT2D eigenvalue weighted by atomic mass is 32.2. The van der Waals surface area contributed by atoms with E-state index in [1.54, 1.807) is 25.5 Å². The van der Waals surface area contributed by atoms with E-state index in [1.807, 2.05) is 0 Å². The summed E-state index contributed by atoms with van der Waals surface area (Å²) < 4.78 is 54.8. The van der Waals surface area contributed by atoms with E-state index in [9.17, 15) is 26.8 Å². The number of carbonyl (C=O) groups is 2. The van der Waals surface area contributed by atoms with Gasteiger partial charge in [-0.15, -0.1) is 0 Å². The summed E-state index contributed by atoms with van der Waals surface area (Å²) in [6.45, 7) is 4.86. The van der Waals surface area contributed by atoms with Crippen LogP contribution in [0.3, 0.4) is 0 Å². The van der Waals surface area contributed by atoms with Crippen molar-refractivity contribution in [2.24, 2.45) is 5.92 Å². The van der Waals surface area contributed by atoms with Gasteiger partial charge in [0.2, 0.25) is 16.4 Å². The van der Waals surface area contributed by atoms with Crippen LogP contribution in [0, 0.1) is 5.92 Å². The number of hydrogen-bond donors (Lipinski definition) is 1. The summed E-state index contributed by atoms with van der Waals surface area (Å²) in [5.41, 5.74) is -0.846. The molecular weight excluding hydrogens is 334 g/mol. The average molecular weight is 354 g/mol. The Hall–Kier alpha value is -1.45. The molecule has 0 heterocycles. The fourth-order valence-electron chi connectivity index (χ4n) is 2.40. The zero-order chi connectivity index (χ0) is 17.6. The maximum absolute atomic E-state index is 12.7. The number of carbonyl (C=O) groups excluding carboxylic acids is 2. The first-order valence-corrected chi connectivity index (χ1v) is 8.83. The van der Waals surface area contributed by atoms with Gasteiger partial charge in [-0.2, -0.15) is 0 Å². The summed E-state index contributed by atoms with van der Waals surface area (Å²) in [6, 6.07) is -0.727. The third kappa shape index (κ3) is 4.30. The van der Waals surface area contributed by atoms with Crippen molar-refractivity contribution in [2.45, 2.75) is 63.3 Å². The van der Waals surface area contributed by atoms with E-state index in [1.165, 1.54) is 0 Å². The summed E-state index contributed by atoms with van der Waals surface area (Å²) in [5.74, 6) is -0.958. The Kier molecular flexibility index (Phi) is 4.57. The molecule has 7 nitrogen and oxygen atoms in total. The third-order valence-corrected chi connectivity index (χ3v) is 5.55. The number of alkyl halides is 2. The minimum atomic E-state index is -3.84. The fraction of sp³-hybridized carbons (Fsp3) is 0.846. The van der Waals surface area contributed by atoms with Gasteiger partial charge in [0.05, 0.1) is 5.25 Å². The molecule has 2 aliphatic carbocycles. The number of nitrogens with one attached hydrogen (secondary N) is 1. The lowest BCUT2D eigenvalue weighted by Gasteiger charge is -2.34. The highest BCUT2D eigenvalue weighted by Crippen LogP contribution is 2.43. The minimum Gasteiger partial charge on any atom is -0.358 e. The first-order chi connectivity index (χ1) is 10.4. The van der Waals surface area contributed by atoms with E-state index in [2.05, 4.69) is 4.74 Å². The second-order valence-electron chi connectivity index (χ2n) is 6.84. The van der Waals surface area contributed by atoms with Crippen LogP contribution in [0.4, 0.5) is 18.4 Å². The third-order valence-electron chi connectivity index (χ3n) is 3.75. The van der Waals surface area contributed by atoms with Gasteiger partial charge in [-0.25, -0.2) is 31.5 Å². The zero-order valence-electron chi connectivity index (χ0n) is 13.1. The lowest BCUT2D eigenvalue weighted by Crippen LogP contribution is -2.50. The normalized spacial score (nSPS) is 24.3. The standard InChI is InChI=1S/C13H20F2N2O5S/c1-13(2,3)17(9-6-8(9)10(14)15)12(19)22-11(18)16-23(20,21)7-4-5-7/h7-10H,4-6H2,1-3H3,(H,16,18). The highest BCUT2D eigenvalue weighted by molar-refractivity contribution is 7.90. The Balaban J connectivity index is 1.99. The van der Waals surface area contributed by atoms with Gasteiger partial charge in [-0.05, 0) is 40.0 Å². The van der Waals surface area contributed by atoms with Gasteiger partial charge in [0, 0.05) is 17.5 Å². The van der Waals surface area contributed by atoms with Crippen LogP contribution in [-0.2, 0) is 14.8 Å². The molecule has 23 heavy (non-hydrogen) atoms. The summed E-state index contributed by atoms with van der Waals surface area (Å²) in [5, 5.41) is -0.643. The summed E-state index contributed by atoms with van der Waals surface area (Å²) in [7, 11) is -3.84. The molecule has 132 valence electrons. The van der Waals surface area contributed by atoms with Crippen LogP contribution in [0.1, 0.15) is 40.0 Å². The zero-order valence-corrected chi connectivity index (χ0v) is 13.9. The van der Waals surface area contributed by atoms with E-state index in [0.29, 0.717) is 12.8 Å². The largest absolute Gasteiger partial charge is 0.429 e. The van der Waals surface area contributed by atoms with Crippen molar-refractivity contribution >= 4 is 22.2 Å². The molecule has 0 aromatic rings. The number of rotatable bonds is 4. The van der Waals surface area contributed by atoms with Crippen LogP contribution in [0.25, 0.3) is 0 Å². The Morgan fingerprint density at radius 3 is 2.22 bits per heavy atom. The molecule has 2 rings (SSSR count). The quantitative estimate of drug-likeness (QED) is 0.780. The second-order valence-corrected chi connectivity index (χ2v) is 8.80. The lowest BCUT2D eigenvalue weighted by molar-refractivity contribution is 0.0622. The Bertz CT molecular complexity index is 598. The molecule has 0 aliphatic heterocycles. The number of sulfonamides is 1. The first-order valence-electron chi connectivity index (χ1n) is 7.28. The van der Waals surface area contributed by atoms with E-state index >= 15 is 0 Å². The van der Waals surface area contributed by atoms with Crippen LogP contribution >= 0.6 is 0 Å². The summed E-state index contributed by atoms with van der Waals surface area (Å²) >= 11 is 0. The van der Waals surface area contributed by atoms with Crippen molar-refractivity contribution < 1.29 is 31.5 Å². The van der Waals surface area contributed by atoms with E-state index in [4.69, 9.17) is 0 Å². The van der Waals surface area contributed by atoms with Gasteiger partial charge in [-0.1, -0.05) is 0 Å². The molecule has 1 N–H and O–H groups in total. The number of nitrogens with zero attached hydrogens (tertiary/aromatic N) is 1. The van der Waals surface area contributed by atoms with E-state index in [-0.39, 0.29) is 6.42 Å². The number of amides is 2. The fourth-order valence-corrected chi connectivity index (χ4v) is 3.60. The number of halogens is 2. The Labute approximate surface area is 133 Å². The molecule has 0 saturated heterocycles. The number of hydrogen-bond acceptors (Lipinski definition) is 5. The van der Waals surface area contributed by atoms with Crippen LogP contribution in [-0.4, -0.2) is 48.8 Å². The maximum atomic E-state index is 12.7. The molecule has 0 radical (unpaired) electrons. The monoisotopic (exact) mass is 354 g/mol. The maximum Gasteiger partial charge on any atom is 0.429 e. The van der Waals surface area contributed by atoms with Crippen molar-refractivity contribution in [1.29, 1.82) is 0 Å². The van der Waals surface area contributed by atoms with Crippen molar-refractivity contribution in [2.75, 3.05) is 0 Å². The van der Waals surface area contributed by atoms with E-state index < -0.39 is 51.4 Å². The van der Waals surface area contributed by atoms with Crippen LogP contribution in [0.5, 0.6) is 0 Å². The summed E-state index contributed by atoms with van der Waals surface area (Å²) in [4.78, 5) is 24.8. The smallest absolute Gasteiger partial charge is 0.358 e. The molecule has 0 aromatic carbocycles. The van der Waals surface area contributed by atoms with Crippen LogP contribution < -0.4 is 4.72 Å². The molecule has 0 bridgehead atoms. The summed E-state index contributed by atoms with van der Waals surface area (Å²) in [6.07, 6.45) is -4.10. The second kappa shape index (κ2) is 5.88. The molecule has 2 saturated carbocycles. The van der Waals surface area contributed by atoms with Crippen molar-refractivity contribution in [1.82, 2.24) is 9.62 Å². The molecule has 0 aromatic heterocycles. The van der Waals surface area contributed by atoms with Crippen LogP contribution in [0.15, 0.2) is 0 Å². The molecule has 0 spiro atoms. The highest BCUT2D eigenvalue weighted by Gasteiger charge is 2.53. The van der Waals surface area contributed by atoms with Gasteiger partial charge in [0.1, 0.15) is 0 Å². The SMILES string of the molecule is CC(C)(C)N(C(=O)OC(=O)NS(=O)(=O)C1CC1)C1CC1C(F)F. The van der Waals surface area contributed by atoms with Crippen molar-refractivity contribution in [3.05, 3.63) is 0 Å². The van der Waals surface area contributed by atoms with Gasteiger partial charge in [0.15, 0.2) is 0 Å². The molecule has 2 atom stereocenters. The molecule has 2 amide bonds. The Morgan fingerprint density at radius 1 is 1.26 bits per heavy atom. The topological polar surface area (TPSA) is 92.8 Å². The predicted molar refractivity (Wildman–Crippen MR) is 76.4 cm³/mol. The first kappa shape index (κ1) is 17.9. The molecular formula is C13H20F2N2O5S. The van der Waals surface area contributed by atoms with Crippen molar-refractivity contribution in [3.8, 4) is 0 Å². The van der Waals surface area contributed by atoms with Crippen LogP contribution in [0.2, 0.25) is 0 Å². The molecule has 2 fully saturated rings. The molecule has 2 aliphatic rings. The van der Waals surface area contributed by atoms with Gasteiger partial charge in [-0.3, -0.25) is 4.90 Å². The van der Waals surface area contributed by atoms with Gasteiger partial charge in [0.25, 0.3) is 0 Å². The Morgan fingerprint density at radius 2 is 1.83 bits per heavy atom. The average Bonchev–Trinajstić information content (AvgIpc) is 3.20. The number of ether oxygens (including phenoxy) is 1. The minimum absolute atomic E-state index is 0.117. The molecule has 10 heteroatoms. The van der Waals surface area contributed by atoms with E-state index in [0.717, 1.165) is 4.90 Å². The lowest BCUT2D eigenvalue weighted by atomic mass is 10.1. The van der Waals surface area contributed by atoms with Gasteiger partial charge >= 0.3 is 12.2 Å². The van der Waals surface area contributed by atoms with Crippen molar-refractivity contribution in [3.63, 3.8) is 0 Å². The van der Waals surface area contributed by atoms with Gasteiger partial charge < -0.3 is 4.74 Å². The predicted octanol–water partition coefficient (Wildman–Crippen LogP) is 2.08. The molecule has 2 unspecified atom stereocenters.